The first-order chi connectivity index (χ1) is 33.2. The highest BCUT2D eigenvalue weighted by Crippen LogP contribution is 2.44. The zero-order valence-electron chi connectivity index (χ0n) is 44.8. The van der Waals surface area contributed by atoms with Gasteiger partial charge in [0, 0.05) is 32.1 Å². The lowest BCUT2D eigenvalue weighted by Gasteiger charge is -2.29. The summed E-state index contributed by atoms with van der Waals surface area (Å²) in [7, 11) is 1.82. The third-order valence-electron chi connectivity index (χ3n) is 13.4. The Labute approximate surface area is 424 Å². The fourth-order valence-electron chi connectivity index (χ4n) is 9.31. The zero-order valence-corrected chi connectivity index (χ0v) is 45.7. The van der Waals surface area contributed by atoms with Gasteiger partial charge < -0.3 is 37.9 Å². The molecule has 0 unspecified atom stereocenters. The number of benzene rings is 4. The minimum Gasteiger partial charge on any atom is -0.496 e. The molecule has 8 nitrogen and oxygen atoms in total. The molecule has 0 saturated carbocycles. The molecule has 0 radical (unpaired) electrons. The third kappa shape index (κ3) is 14.0. The van der Waals surface area contributed by atoms with E-state index in [2.05, 4.69) is 148 Å². The molecule has 2 heterocycles. The van der Waals surface area contributed by atoms with E-state index in [1.54, 1.807) is 11.3 Å². The Morgan fingerprint density at radius 2 is 0.743 bits per heavy atom. The van der Waals surface area contributed by atoms with Crippen molar-refractivity contribution in [1.82, 2.24) is 0 Å². The van der Waals surface area contributed by atoms with Crippen LogP contribution in [0.4, 0.5) is 0 Å². The smallest absolute Gasteiger partial charge is 0.126 e. The van der Waals surface area contributed by atoms with Gasteiger partial charge in [0.25, 0.3) is 0 Å². The van der Waals surface area contributed by atoms with Gasteiger partial charge in [0.1, 0.15) is 36.2 Å². The lowest BCUT2D eigenvalue weighted by atomic mass is 9.79. The molecule has 0 saturated heterocycles. The van der Waals surface area contributed by atoms with Gasteiger partial charge in [-0.1, -0.05) is 132 Å². The minimum absolute atomic E-state index is 0.136. The van der Waals surface area contributed by atoms with E-state index in [0.717, 1.165) is 73.9 Å². The average molecular weight is 975 g/mol. The van der Waals surface area contributed by atoms with Crippen molar-refractivity contribution in [3.8, 4) is 23.0 Å². The highest BCUT2D eigenvalue weighted by Gasteiger charge is 2.29. The Kier molecular flexibility index (Phi) is 17.6. The van der Waals surface area contributed by atoms with Crippen LogP contribution >= 0.6 is 11.3 Å². The van der Waals surface area contributed by atoms with Crippen LogP contribution < -0.4 is 18.9 Å². The first-order valence-electron chi connectivity index (χ1n) is 25.6. The number of hydrogen-bond donors (Lipinski definition) is 0. The molecule has 1 aromatic heterocycles. The number of fused-ring (bicyclic) bond motifs is 2. The molecule has 7 rings (SSSR count). The fourth-order valence-corrected chi connectivity index (χ4v) is 10.0. The highest BCUT2D eigenvalue weighted by molar-refractivity contribution is 7.07. The lowest BCUT2D eigenvalue weighted by Crippen LogP contribution is -2.18. The van der Waals surface area contributed by atoms with E-state index in [1.165, 1.54) is 27.8 Å². The van der Waals surface area contributed by atoms with Gasteiger partial charge in [0.2, 0.25) is 0 Å². The zero-order chi connectivity index (χ0) is 50.3. The van der Waals surface area contributed by atoms with Gasteiger partial charge in [0.05, 0.1) is 66.6 Å². The lowest BCUT2D eigenvalue weighted by molar-refractivity contribution is -0.00706. The number of thiophene rings is 1. The van der Waals surface area contributed by atoms with Gasteiger partial charge in [-0.15, -0.1) is 0 Å². The van der Waals surface area contributed by atoms with Crippen molar-refractivity contribution in [1.29, 1.82) is 0 Å². The second-order valence-electron chi connectivity index (χ2n) is 23.3. The molecule has 70 heavy (non-hydrogen) atoms. The Bertz CT molecular complexity index is 2380. The number of rotatable bonds is 5. The van der Waals surface area contributed by atoms with Gasteiger partial charge in [-0.3, -0.25) is 0 Å². The van der Waals surface area contributed by atoms with Crippen LogP contribution in [0.15, 0.2) is 65.4 Å². The Hall–Kier alpha value is -4.38. The number of methoxy groups -OCH3 is 1. The summed E-state index contributed by atoms with van der Waals surface area (Å²) < 4.78 is 51.9. The normalized spacial score (nSPS) is 16.2. The molecule has 0 fully saturated rings. The molecule has 5 aromatic rings. The van der Waals surface area contributed by atoms with E-state index in [0.29, 0.717) is 98.4 Å². The van der Waals surface area contributed by atoms with Crippen LogP contribution in [0.25, 0.3) is 0 Å². The molecule has 2 aliphatic rings. The van der Waals surface area contributed by atoms with E-state index in [9.17, 15) is 0 Å². The summed E-state index contributed by atoms with van der Waals surface area (Å²) in [6.45, 7) is 32.6. The molecule has 1 aliphatic heterocycles. The number of hydrogen-bond acceptors (Lipinski definition) is 9. The molecule has 0 atom stereocenters. The van der Waals surface area contributed by atoms with Crippen LogP contribution in [-0.4, -0.2) is 79.8 Å². The quantitative estimate of drug-likeness (QED) is 0.169. The van der Waals surface area contributed by atoms with Crippen LogP contribution in [0.3, 0.4) is 0 Å². The predicted octanol–water partition coefficient (Wildman–Crippen LogP) is 13.1. The van der Waals surface area contributed by atoms with Crippen LogP contribution in [0.2, 0.25) is 0 Å². The van der Waals surface area contributed by atoms with Gasteiger partial charge in [-0.25, -0.2) is 0 Å². The van der Waals surface area contributed by atoms with Crippen LogP contribution in [-0.2, 0) is 72.7 Å². The van der Waals surface area contributed by atoms with Crippen LogP contribution in [0.5, 0.6) is 23.0 Å². The minimum atomic E-state index is -0.150. The summed E-state index contributed by atoms with van der Waals surface area (Å²) in [5.41, 5.74) is 14.7. The molecule has 4 aromatic carbocycles. The van der Waals surface area contributed by atoms with Crippen LogP contribution in [0, 0.1) is 0 Å². The standard InChI is InChI=1S/C61H82O8S/c1-58(2,3)50-32-42-28-44-34-51(59(4,5)6)38-48-30-46-36-53(61(10,11)12)37-47(55(46)67-16-14-41-15-27-70-40-41)31-49-39-52(60(7,8)9)35-45(29-43(33-50)54(42)62-13)57(49)69-26-24-66-22-20-64-18-17-63-19-21-65-23-25-68-56(44)48/h15,27,32-40H,14,16-26,28-31H2,1-13H3. The average Bonchev–Trinajstić information content (AvgIpc) is 3.80. The first-order valence-corrected chi connectivity index (χ1v) is 26.5. The maximum atomic E-state index is 7.20. The van der Waals surface area contributed by atoms with E-state index in [-0.39, 0.29) is 21.7 Å². The Morgan fingerprint density at radius 3 is 1.04 bits per heavy atom. The van der Waals surface area contributed by atoms with Gasteiger partial charge in [-0.05, 0) is 111 Å². The van der Waals surface area contributed by atoms with Crippen molar-refractivity contribution in [3.63, 3.8) is 0 Å². The van der Waals surface area contributed by atoms with Crippen molar-refractivity contribution < 1.29 is 37.9 Å². The van der Waals surface area contributed by atoms with E-state index >= 15 is 0 Å². The largest absolute Gasteiger partial charge is 0.496 e. The second kappa shape index (κ2) is 23.0. The molecule has 380 valence electrons. The van der Waals surface area contributed by atoms with Crippen LogP contribution in [0.1, 0.15) is 155 Å². The molecule has 0 spiro atoms. The summed E-state index contributed by atoms with van der Waals surface area (Å²) in [4.78, 5) is 0. The SMILES string of the molecule is COc1c2cc(C(C)(C)C)cc1Cc1cc(C(C)(C)C)cc3c1OCCOCCOCCOCCOCCOc1c(cc(C(C)(C)C)cc1Cc1cc(C(C)(C)C)cc(c1OCCc1ccsc1)C3)C2. The summed E-state index contributed by atoms with van der Waals surface area (Å²) in [6.07, 6.45) is 3.23. The fraction of sp³-hybridized carbons (Fsp3) is 0.541. The van der Waals surface area contributed by atoms with Gasteiger partial charge >= 0.3 is 0 Å². The first kappa shape index (κ1) is 53.4. The maximum absolute atomic E-state index is 7.20. The third-order valence-corrected chi connectivity index (χ3v) is 14.2. The van der Waals surface area contributed by atoms with E-state index < -0.39 is 0 Å². The summed E-state index contributed by atoms with van der Waals surface area (Å²) >= 11 is 1.73. The molecule has 0 N–H and O–H groups in total. The predicted molar refractivity (Wildman–Crippen MR) is 286 cm³/mol. The summed E-state index contributed by atoms with van der Waals surface area (Å²) in [5, 5.41) is 4.37. The van der Waals surface area contributed by atoms with Gasteiger partial charge in [-0.2, -0.15) is 11.3 Å². The second-order valence-corrected chi connectivity index (χ2v) is 24.1. The Balaban J connectivity index is 1.56. The number of ether oxygens (including phenoxy) is 8. The summed E-state index contributed by atoms with van der Waals surface area (Å²) in [6, 6.07) is 21.2. The molecular formula is C61H82O8S. The van der Waals surface area contributed by atoms with E-state index in [1.807, 2.05) is 7.11 Å². The highest BCUT2D eigenvalue weighted by atomic mass is 32.1. The van der Waals surface area contributed by atoms with Crippen molar-refractivity contribution in [3.05, 3.63) is 138 Å². The van der Waals surface area contributed by atoms with Crippen molar-refractivity contribution >= 4 is 11.3 Å². The maximum Gasteiger partial charge on any atom is 0.126 e. The van der Waals surface area contributed by atoms with Crippen molar-refractivity contribution in [2.45, 2.75) is 137 Å². The van der Waals surface area contributed by atoms with Gasteiger partial charge in [0.15, 0.2) is 0 Å². The summed E-state index contributed by atoms with van der Waals surface area (Å²) in [5.74, 6) is 3.59. The molecule has 0 amide bonds. The van der Waals surface area contributed by atoms with E-state index in [4.69, 9.17) is 37.9 Å². The molecule has 1 aliphatic carbocycles. The molecule has 10 bridgehead atoms. The molecule has 9 heteroatoms. The Morgan fingerprint density at radius 1 is 0.429 bits per heavy atom. The topological polar surface area (TPSA) is 73.8 Å². The van der Waals surface area contributed by atoms with Crippen molar-refractivity contribution in [2.24, 2.45) is 0 Å². The van der Waals surface area contributed by atoms with Crippen molar-refractivity contribution in [2.75, 3.05) is 79.8 Å². The monoisotopic (exact) mass is 975 g/mol. The molecular weight excluding hydrogens is 893 g/mol.